The fourth-order valence-electron chi connectivity index (χ4n) is 13.0. The van der Waals surface area contributed by atoms with Gasteiger partial charge in [-0.25, -0.2) is 9.07 Å². The Kier molecular flexibility index (Phi) is 23.2. The monoisotopic (exact) mass is 1170 g/mol. The number of carbonyl (C=O) groups is 1. The van der Waals surface area contributed by atoms with E-state index in [4.69, 9.17) is 47.9 Å². The predicted molar refractivity (Wildman–Crippen MR) is 308 cm³/mol. The minimum atomic E-state index is -1.95. The number of rotatable bonds is 19. The van der Waals surface area contributed by atoms with Crippen LogP contribution in [0.1, 0.15) is 131 Å². The van der Waals surface area contributed by atoms with E-state index in [1.807, 2.05) is 76.0 Å². The molecule has 4 aliphatic heterocycles. The van der Waals surface area contributed by atoms with Gasteiger partial charge in [0.05, 0.1) is 59.0 Å². The van der Waals surface area contributed by atoms with E-state index < -0.39 is 133 Å². The number of alkyl halides is 1. The first-order chi connectivity index (χ1) is 39.4. The maximum atomic E-state index is 15.0. The quantitative estimate of drug-likeness (QED) is 0.0666. The Balaban J connectivity index is 1.19. The van der Waals surface area contributed by atoms with Crippen molar-refractivity contribution in [3.8, 4) is 11.1 Å². The van der Waals surface area contributed by atoms with Gasteiger partial charge < -0.3 is 73.4 Å². The third-order valence-corrected chi connectivity index (χ3v) is 18.4. The van der Waals surface area contributed by atoms with Crippen LogP contribution in [0.4, 0.5) is 4.39 Å². The number of cyclic esters (lactones) is 1. The molecule has 83 heavy (non-hydrogen) atoms. The number of esters is 1. The molecule has 21 atom stereocenters. The molecule has 0 unspecified atom stereocenters. The maximum Gasteiger partial charge on any atom is 0.311 e. The normalized spacial score (nSPS) is 38.3. The SMILES string of the molecule is CC[C@H]1OC(=O)[C@H](C)[C@@H](O[C@H]2C[C@@](C)(OC)[C@@H](O)[C@H](C)O2)[C@H](C)[C@@H](O[C@@H]2O[C@H](C)C[C@H](N(C)CCc3cn([C@H](CF)[C@H](OC)c4ccc(-c5cccnc5)cc4)nn3)[C@H]2O)[C@](C)(OC)C[C@@H](C)/C(=N\O[C@@H]2CCCNC2)[C@H](C)[C@@H](O)[C@]1(C)O. The summed E-state index contributed by atoms with van der Waals surface area (Å²) in [5.74, 6) is -3.87. The van der Waals surface area contributed by atoms with Crippen LogP contribution in [0.3, 0.4) is 0 Å². The second-order valence-electron chi connectivity index (χ2n) is 24.5. The summed E-state index contributed by atoms with van der Waals surface area (Å²) in [4.78, 5) is 27.3. The molecule has 4 fully saturated rings. The first-order valence-electron chi connectivity index (χ1n) is 29.8. The standard InChI is InChI=1S/C61H96FN7O14/c1-15-48-61(10,74)54(71)37(4)50(66-83-45-19-17-26-64-33-45)35(2)29-60(9,77-14)56(38(5)52(39(6)57(73)80-48)81-49-30-59(8,76-13)55(72)40(7)79-49)82-58-51(70)46(28-36(3)78-58)68(11)27-24-44-34-69(67-65-44)47(31-62)53(75-12)42-22-20-41(21-23-42)43-18-16-25-63-32-43/h16,18,20-23,25,32,34-40,45-49,51-56,58,64,70-72,74H,15,17,19,24,26-31,33H2,1-14H3/b66-50+/t35-,36-,37+,38+,39-,40+,45-,46+,47-,48-,49+,51-,52+,53-,54-,55+,56-,58+,59-,60-,61-/m1/s1. The molecule has 22 heteroatoms. The van der Waals surface area contributed by atoms with Crippen LogP contribution >= 0.6 is 0 Å². The third kappa shape index (κ3) is 15.3. The third-order valence-electron chi connectivity index (χ3n) is 18.4. The van der Waals surface area contributed by atoms with Gasteiger partial charge in [0.2, 0.25) is 0 Å². The summed E-state index contributed by atoms with van der Waals surface area (Å²) in [5.41, 5.74) is -0.540. The number of nitrogens with zero attached hydrogens (tertiary/aromatic N) is 6. The molecule has 5 N–H and O–H groups in total. The van der Waals surface area contributed by atoms with Crippen LogP contribution in [-0.2, 0) is 53.9 Å². The molecule has 0 radical (unpaired) electrons. The fourth-order valence-corrected chi connectivity index (χ4v) is 13.0. The summed E-state index contributed by atoms with van der Waals surface area (Å²) in [6.45, 7) is 19.0. The Labute approximate surface area is 490 Å². The first-order valence-corrected chi connectivity index (χ1v) is 29.8. The Morgan fingerprint density at radius 3 is 2.29 bits per heavy atom. The number of aliphatic hydroxyl groups excluding tert-OH is 3. The number of hydrogen-bond donors (Lipinski definition) is 5. The summed E-state index contributed by atoms with van der Waals surface area (Å²) >= 11 is 0. The van der Waals surface area contributed by atoms with Crippen molar-refractivity contribution in [3.05, 3.63) is 66.2 Å². The molecule has 0 bridgehead atoms. The van der Waals surface area contributed by atoms with E-state index in [1.165, 1.54) is 18.7 Å². The number of oxime groups is 1. The Hall–Kier alpha value is -4.14. The molecule has 1 aromatic carbocycles. The Bertz CT molecular complexity index is 2510. The van der Waals surface area contributed by atoms with E-state index in [1.54, 1.807) is 67.4 Å². The van der Waals surface area contributed by atoms with Crippen molar-refractivity contribution in [3.63, 3.8) is 0 Å². The van der Waals surface area contributed by atoms with Crippen LogP contribution in [0.2, 0.25) is 0 Å². The van der Waals surface area contributed by atoms with Crippen LogP contribution in [0.15, 0.2) is 60.1 Å². The van der Waals surface area contributed by atoms with E-state index in [0.29, 0.717) is 37.3 Å². The number of methoxy groups -OCH3 is 3. The number of halogens is 1. The molecular weight excluding hydrogens is 1070 g/mol. The largest absolute Gasteiger partial charge is 0.459 e. The van der Waals surface area contributed by atoms with E-state index >= 15 is 4.39 Å². The van der Waals surface area contributed by atoms with Crippen LogP contribution < -0.4 is 5.32 Å². The molecule has 0 aliphatic carbocycles. The number of ether oxygens (including phenoxy) is 8. The van der Waals surface area contributed by atoms with Gasteiger partial charge in [0, 0.05) is 89.6 Å². The van der Waals surface area contributed by atoms with E-state index in [2.05, 4.69) is 20.6 Å². The second kappa shape index (κ2) is 29.0. The number of hydrogen-bond acceptors (Lipinski definition) is 20. The summed E-state index contributed by atoms with van der Waals surface area (Å²) < 4.78 is 68.3. The minimum Gasteiger partial charge on any atom is -0.459 e. The Morgan fingerprint density at radius 2 is 1.66 bits per heavy atom. The van der Waals surface area contributed by atoms with E-state index in [9.17, 15) is 25.2 Å². The number of pyridine rings is 1. The zero-order chi connectivity index (χ0) is 60.6. The average molecular weight is 1170 g/mol. The molecular formula is C61H96FN7O14. The second-order valence-corrected chi connectivity index (χ2v) is 24.5. The van der Waals surface area contributed by atoms with Crippen molar-refractivity contribution in [2.24, 2.45) is 28.8 Å². The van der Waals surface area contributed by atoms with Crippen molar-refractivity contribution < 1.29 is 72.3 Å². The van der Waals surface area contributed by atoms with Gasteiger partial charge in [0.1, 0.15) is 48.8 Å². The highest BCUT2D eigenvalue weighted by Gasteiger charge is 2.54. The van der Waals surface area contributed by atoms with Crippen LogP contribution in [0.5, 0.6) is 0 Å². The molecule has 0 spiro atoms. The number of aromatic nitrogens is 4. The van der Waals surface area contributed by atoms with Gasteiger partial charge in [-0.15, -0.1) is 5.10 Å². The number of benzene rings is 1. The lowest BCUT2D eigenvalue weighted by Crippen LogP contribution is -2.61. The lowest BCUT2D eigenvalue weighted by molar-refractivity contribution is -0.319. The van der Waals surface area contributed by atoms with Crippen LogP contribution in [0, 0.1) is 23.7 Å². The van der Waals surface area contributed by atoms with Gasteiger partial charge in [-0.1, -0.05) is 68.4 Å². The van der Waals surface area contributed by atoms with Gasteiger partial charge in [-0.2, -0.15) is 0 Å². The summed E-state index contributed by atoms with van der Waals surface area (Å²) in [7, 11) is 6.54. The van der Waals surface area contributed by atoms with Crippen molar-refractivity contribution in [1.82, 2.24) is 30.2 Å². The number of likely N-dealkylation sites (N-methyl/N-ethyl adjacent to an activating group) is 1. The molecule has 3 aromatic rings. The van der Waals surface area contributed by atoms with Gasteiger partial charge in [0.15, 0.2) is 12.6 Å². The first kappa shape index (κ1) is 66.4. The minimum absolute atomic E-state index is 0.0928. The zero-order valence-corrected chi connectivity index (χ0v) is 51.3. The van der Waals surface area contributed by atoms with E-state index in [0.717, 1.165) is 36.1 Å². The summed E-state index contributed by atoms with van der Waals surface area (Å²) in [6, 6.07) is 10.3. The Morgan fingerprint density at radius 1 is 0.940 bits per heavy atom. The fraction of sp³-hybridized carbons (Fsp3) is 0.754. The molecule has 4 aliphatic rings. The molecule has 466 valence electrons. The van der Waals surface area contributed by atoms with Crippen LogP contribution in [-0.4, -0.2) is 202 Å². The number of aliphatic hydroxyl groups is 4. The molecule has 6 heterocycles. The zero-order valence-electron chi connectivity index (χ0n) is 51.3. The molecule has 4 saturated heterocycles. The number of nitrogens with one attached hydrogen (secondary N) is 1. The maximum absolute atomic E-state index is 15.0. The highest BCUT2D eigenvalue weighted by Crippen LogP contribution is 2.43. The molecule has 0 amide bonds. The molecule has 7 rings (SSSR count). The molecule has 21 nitrogen and oxygen atoms in total. The number of piperidine rings is 1. The van der Waals surface area contributed by atoms with Gasteiger partial charge in [0.25, 0.3) is 0 Å². The summed E-state index contributed by atoms with van der Waals surface area (Å²) in [6.07, 6.45) is -3.01. The smallest absolute Gasteiger partial charge is 0.311 e. The van der Waals surface area contributed by atoms with Crippen molar-refractivity contribution in [2.45, 2.75) is 217 Å². The molecule has 0 saturated carbocycles. The van der Waals surface area contributed by atoms with Crippen molar-refractivity contribution >= 4 is 11.7 Å². The topological polar surface area (TPSA) is 252 Å². The lowest BCUT2D eigenvalue weighted by atomic mass is 9.73. The highest BCUT2D eigenvalue weighted by atomic mass is 19.1. The molecule has 2 aromatic heterocycles. The summed E-state index contributed by atoms with van der Waals surface area (Å²) in [5, 5.41) is 65.3. The van der Waals surface area contributed by atoms with Crippen molar-refractivity contribution in [2.75, 3.05) is 54.7 Å². The highest BCUT2D eigenvalue weighted by molar-refractivity contribution is 5.89. The van der Waals surface area contributed by atoms with Gasteiger partial charge >= 0.3 is 5.97 Å². The van der Waals surface area contributed by atoms with Crippen molar-refractivity contribution in [1.29, 1.82) is 0 Å². The number of carbonyl (C=O) groups excluding carboxylic acids is 1. The van der Waals surface area contributed by atoms with E-state index in [-0.39, 0.29) is 25.4 Å². The van der Waals surface area contributed by atoms with Gasteiger partial charge in [-0.05, 0) is 110 Å². The van der Waals surface area contributed by atoms with Crippen LogP contribution in [0.25, 0.3) is 11.1 Å². The lowest BCUT2D eigenvalue weighted by Gasteiger charge is -2.50. The van der Waals surface area contributed by atoms with Gasteiger partial charge in [-0.3, -0.25) is 9.78 Å². The average Bonchev–Trinajstić information content (AvgIpc) is 4.06. The predicted octanol–water partition coefficient (Wildman–Crippen LogP) is 6.16.